The van der Waals surface area contributed by atoms with Gasteiger partial charge in [0.25, 0.3) is 5.91 Å². The summed E-state index contributed by atoms with van der Waals surface area (Å²) in [4.78, 5) is 12.6. The molecule has 1 N–H and O–H groups in total. The van der Waals surface area contributed by atoms with Gasteiger partial charge in [-0.15, -0.1) is 0 Å². The molecule has 1 saturated heterocycles. The zero-order valence-electron chi connectivity index (χ0n) is 14.6. The third-order valence-corrected chi connectivity index (χ3v) is 5.11. The maximum absolute atomic E-state index is 12.7. The van der Waals surface area contributed by atoms with E-state index in [2.05, 4.69) is 5.32 Å². The van der Waals surface area contributed by atoms with Gasteiger partial charge < -0.3 is 14.8 Å². The number of ether oxygens (including phenoxy) is 2. The number of halogens is 3. The molecule has 1 heterocycles. The fourth-order valence-corrected chi connectivity index (χ4v) is 3.57. The summed E-state index contributed by atoms with van der Waals surface area (Å²) in [5.74, 6) is -1.08. The quantitative estimate of drug-likeness (QED) is 0.848. The Bertz CT molecular complexity index is 606. The molecule has 1 amide bonds. The smallest absolute Gasteiger partial charge is 0.391 e. The summed E-state index contributed by atoms with van der Waals surface area (Å²) in [5.41, 5.74) is 0.406. The van der Waals surface area contributed by atoms with Gasteiger partial charge >= 0.3 is 6.18 Å². The highest BCUT2D eigenvalue weighted by molar-refractivity contribution is 5.97. The van der Waals surface area contributed by atoms with Crippen LogP contribution in [0.25, 0.3) is 0 Å². The average Bonchev–Trinajstić information content (AvgIpc) is 3.13. The molecule has 3 rings (SSSR count). The van der Waals surface area contributed by atoms with Crippen molar-refractivity contribution in [3.8, 4) is 5.75 Å². The van der Waals surface area contributed by atoms with E-state index < -0.39 is 12.1 Å². The fraction of sp³-hybridized carbons (Fsp3) is 0.632. The highest BCUT2D eigenvalue weighted by Crippen LogP contribution is 2.37. The number of hydrogen-bond acceptors (Lipinski definition) is 3. The Morgan fingerprint density at radius 3 is 2.54 bits per heavy atom. The van der Waals surface area contributed by atoms with Crippen LogP contribution in [0.4, 0.5) is 13.2 Å². The van der Waals surface area contributed by atoms with Crippen LogP contribution in [0.2, 0.25) is 0 Å². The minimum Gasteiger partial charge on any atom is -0.490 e. The molecule has 26 heavy (non-hydrogen) atoms. The second kappa shape index (κ2) is 8.29. The molecule has 1 saturated carbocycles. The van der Waals surface area contributed by atoms with Crippen molar-refractivity contribution in [2.45, 2.75) is 56.8 Å². The van der Waals surface area contributed by atoms with E-state index in [0.717, 1.165) is 19.4 Å². The van der Waals surface area contributed by atoms with Crippen molar-refractivity contribution in [2.75, 3.05) is 13.2 Å². The van der Waals surface area contributed by atoms with Crippen molar-refractivity contribution >= 4 is 5.91 Å². The lowest BCUT2D eigenvalue weighted by Gasteiger charge is -2.30. The zero-order valence-corrected chi connectivity index (χ0v) is 14.6. The van der Waals surface area contributed by atoms with Crippen LogP contribution >= 0.6 is 0 Å². The van der Waals surface area contributed by atoms with Crippen LogP contribution in [0.3, 0.4) is 0 Å². The number of hydrogen-bond donors (Lipinski definition) is 1. The topological polar surface area (TPSA) is 47.6 Å². The number of carbonyl (C=O) groups excluding carboxylic acids is 1. The second-order valence-corrected chi connectivity index (χ2v) is 7.01. The third-order valence-electron chi connectivity index (χ3n) is 5.11. The summed E-state index contributed by atoms with van der Waals surface area (Å²) in [6, 6.07) is 6.70. The van der Waals surface area contributed by atoms with Gasteiger partial charge in [0.1, 0.15) is 12.4 Å². The van der Waals surface area contributed by atoms with Crippen molar-refractivity contribution in [3.05, 3.63) is 29.8 Å². The van der Waals surface area contributed by atoms with Crippen LogP contribution in [0, 0.1) is 5.92 Å². The molecule has 0 bridgehead atoms. The summed E-state index contributed by atoms with van der Waals surface area (Å²) in [5, 5.41) is 2.86. The van der Waals surface area contributed by atoms with Gasteiger partial charge in [0, 0.05) is 12.6 Å². The Morgan fingerprint density at radius 1 is 1.15 bits per heavy atom. The summed E-state index contributed by atoms with van der Waals surface area (Å²) in [6.07, 6.45) is -1.34. The predicted molar refractivity (Wildman–Crippen MR) is 90.2 cm³/mol. The number of nitrogens with one attached hydrogen (secondary N) is 1. The molecular formula is C19H24F3NO3. The number of alkyl halides is 3. The van der Waals surface area contributed by atoms with Crippen LogP contribution < -0.4 is 10.1 Å². The van der Waals surface area contributed by atoms with Gasteiger partial charge in [-0.25, -0.2) is 0 Å². The highest BCUT2D eigenvalue weighted by Gasteiger charge is 2.41. The van der Waals surface area contributed by atoms with E-state index >= 15 is 0 Å². The molecule has 2 aliphatic rings. The maximum atomic E-state index is 12.7. The van der Waals surface area contributed by atoms with E-state index in [9.17, 15) is 18.0 Å². The van der Waals surface area contributed by atoms with Gasteiger partial charge in [-0.2, -0.15) is 13.2 Å². The minimum atomic E-state index is -4.14. The van der Waals surface area contributed by atoms with Crippen LogP contribution in [0.5, 0.6) is 5.75 Å². The lowest BCUT2D eigenvalue weighted by atomic mass is 9.85. The Kier molecular flexibility index (Phi) is 6.06. The second-order valence-electron chi connectivity index (χ2n) is 7.01. The molecule has 4 nitrogen and oxygen atoms in total. The minimum absolute atomic E-state index is 0.0452. The molecular weight excluding hydrogens is 347 g/mol. The zero-order chi connectivity index (χ0) is 18.6. The normalized spacial score (nSPS) is 26.5. The SMILES string of the molecule is O=C(NC1CCC(C(F)(F)F)CC1)c1ccccc1OCC1CCCO1. The first-order chi connectivity index (χ1) is 12.4. The van der Waals surface area contributed by atoms with Crippen molar-refractivity contribution in [1.29, 1.82) is 0 Å². The lowest BCUT2D eigenvalue weighted by molar-refractivity contribution is -0.182. The monoisotopic (exact) mass is 371 g/mol. The summed E-state index contributed by atoms with van der Waals surface area (Å²) in [6.45, 7) is 1.12. The number of benzene rings is 1. The molecule has 1 unspecified atom stereocenters. The molecule has 144 valence electrons. The lowest BCUT2D eigenvalue weighted by Crippen LogP contribution is -2.40. The molecule has 2 fully saturated rings. The molecule has 0 spiro atoms. The van der Waals surface area contributed by atoms with E-state index in [1.165, 1.54) is 0 Å². The number of rotatable bonds is 5. The number of carbonyl (C=O) groups is 1. The first kappa shape index (κ1) is 19.0. The van der Waals surface area contributed by atoms with Crippen LogP contribution in [0.1, 0.15) is 48.9 Å². The van der Waals surface area contributed by atoms with E-state index in [1.54, 1.807) is 24.3 Å². The molecule has 1 atom stereocenters. The fourth-order valence-electron chi connectivity index (χ4n) is 3.57. The Balaban J connectivity index is 1.55. The van der Waals surface area contributed by atoms with E-state index in [-0.39, 0.29) is 30.9 Å². The van der Waals surface area contributed by atoms with Crippen LogP contribution in [-0.2, 0) is 4.74 Å². The largest absolute Gasteiger partial charge is 0.490 e. The Morgan fingerprint density at radius 2 is 1.88 bits per heavy atom. The summed E-state index contributed by atoms with van der Waals surface area (Å²) >= 11 is 0. The highest BCUT2D eigenvalue weighted by atomic mass is 19.4. The third kappa shape index (κ3) is 4.90. The summed E-state index contributed by atoms with van der Waals surface area (Å²) < 4.78 is 49.5. The van der Waals surface area contributed by atoms with Gasteiger partial charge in [0.05, 0.1) is 17.6 Å². The van der Waals surface area contributed by atoms with Crippen LogP contribution in [0.15, 0.2) is 24.3 Å². The maximum Gasteiger partial charge on any atom is 0.391 e. The van der Waals surface area contributed by atoms with Gasteiger partial charge in [-0.3, -0.25) is 4.79 Å². The van der Waals surface area contributed by atoms with Gasteiger partial charge in [0.2, 0.25) is 0 Å². The van der Waals surface area contributed by atoms with Crippen molar-refractivity contribution in [1.82, 2.24) is 5.32 Å². The molecule has 1 aliphatic heterocycles. The Hall–Kier alpha value is -1.76. The predicted octanol–water partition coefficient (Wildman–Crippen LogP) is 4.10. The first-order valence-corrected chi connectivity index (χ1v) is 9.14. The molecule has 0 aromatic heterocycles. The molecule has 1 aromatic carbocycles. The molecule has 0 radical (unpaired) electrons. The molecule has 1 aliphatic carbocycles. The van der Waals surface area contributed by atoms with Crippen molar-refractivity contribution in [2.24, 2.45) is 5.92 Å². The average molecular weight is 371 g/mol. The van der Waals surface area contributed by atoms with E-state index in [0.29, 0.717) is 30.8 Å². The number of para-hydroxylation sites is 1. The van der Waals surface area contributed by atoms with E-state index in [4.69, 9.17) is 9.47 Å². The van der Waals surface area contributed by atoms with Crippen LogP contribution in [-0.4, -0.2) is 37.4 Å². The Labute approximate surface area is 151 Å². The summed E-state index contributed by atoms with van der Waals surface area (Å²) in [7, 11) is 0. The standard InChI is InChI=1S/C19H24F3NO3/c20-19(21,22)13-7-9-14(10-8-13)23-18(24)16-5-1-2-6-17(16)26-12-15-4-3-11-25-15/h1-2,5-6,13-15H,3-4,7-12H2,(H,23,24). The molecule has 1 aromatic rings. The molecule has 7 heteroatoms. The first-order valence-electron chi connectivity index (χ1n) is 9.14. The van der Waals surface area contributed by atoms with Gasteiger partial charge in [-0.05, 0) is 50.7 Å². The van der Waals surface area contributed by atoms with Crippen molar-refractivity contribution < 1.29 is 27.4 Å². The van der Waals surface area contributed by atoms with Crippen molar-refractivity contribution in [3.63, 3.8) is 0 Å². The van der Waals surface area contributed by atoms with Gasteiger partial charge in [-0.1, -0.05) is 12.1 Å². The van der Waals surface area contributed by atoms with E-state index in [1.807, 2.05) is 0 Å². The number of amides is 1. The van der Waals surface area contributed by atoms with Gasteiger partial charge in [0.15, 0.2) is 0 Å².